The van der Waals surface area contributed by atoms with Gasteiger partial charge >= 0.3 is 0 Å². The second kappa shape index (κ2) is 9.15. The van der Waals surface area contributed by atoms with Crippen LogP contribution in [0.4, 0.5) is 0 Å². The number of aliphatic hydroxyl groups excluding tert-OH is 1. The summed E-state index contributed by atoms with van der Waals surface area (Å²) in [5.74, 6) is 1.41. The van der Waals surface area contributed by atoms with E-state index in [1.165, 1.54) is 28.6 Å². The minimum Gasteiger partial charge on any atom is -0.497 e. The normalized spacial score (nSPS) is 36.4. The number of nitrogens with zero attached hydrogens (tertiary/aromatic N) is 3. The van der Waals surface area contributed by atoms with Gasteiger partial charge in [-0.2, -0.15) is 5.10 Å². The number of fused-ring (bicyclic) bond motifs is 7. The SMILES string of the molecule is COc1ccc2sc(SCC(=O)[C@@]3(O)CCC4C5CCC6=Cc7c(cnn7C)CC6(C)C5[C@@H](O)CC43C)nc2c1. The molecule has 0 amide bonds. The number of aromatic nitrogens is 3. The Balaban J connectivity index is 1.12. The molecule has 2 N–H and O–H groups in total. The lowest BCUT2D eigenvalue weighted by atomic mass is 9.45. The van der Waals surface area contributed by atoms with Crippen LogP contribution in [0.2, 0.25) is 0 Å². The molecule has 4 aliphatic carbocycles. The molecule has 7 rings (SSSR count). The zero-order valence-electron chi connectivity index (χ0n) is 23.5. The van der Waals surface area contributed by atoms with Gasteiger partial charge in [0.2, 0.25) is 0 Å². The first-order valence-electron chi connectivity index (χ1n) is 14.3. The number of rotatable bonds is 5. The van der Waals surface area contributed by atoms with E-state index in [0.717, 1.165) is 46.0 Å². The summed E-state index contributed by atoms with van der Waals surface area (Å²) in [6.07, 6.45) is 8.33. The third kappa shape index (κ3) is 3.66. The fourth-order valence-corrected chi connectivity index (χ4v) is 11.1. The van der Waals surface area contributed by atoms with E-state index < -0.39 is 17.1 Å². The Bertz CT molecular complexity index is 1550. The number of ether oxygens (including phenoxy) is 1. The summed E-state index contributed by atoms with van der Waals surface area (Å²) in [6, 6.07) is 5.80. The van der Waals surface area contributed by atoms with Crippen molar-refractivity contribution in [3.05, 3.63) is 41.2 Å². The Morgan fingerprint density at radius 2 is 2.12 bits per heavy atom. The average Bonchev–Trinajstić information content (AvgIpc) is 3.58. The fourth-order valence-electron chi connectivity index (χ4n) is 9.10. The number of ketones is 1. The molecule has 212 valence electrons. The van der Waals surface area contributed by atoms with Crippen LogP contribution in [0.3, 0.4) is 0 Å². The van der Waals surface area contributed by atoms with Crippen molar-refractivity contribution in [1.82, 2.24) is 14.8 Å². The standard InChI is InChI=1S/C31H37N3O4S2/c1-29-13-17-15-32-34(3)23(17)11-18(29)5-7-20-21-9-10-31(37,30(21,2)14-24(35)27(20)29)26(36)16-39-28-33-22-12-19(38-4)6-8-25(22)40-28/h6,8,11-12,15,20-21,24,27,35,37H,5,7,9-10,13-14,16H2,1-4H3/t20?,21?,24-,27?,29?,30?,31-/m0/s1. The molecule has 7 nitrogen and oxygen atoms in total. The number of Topliss-reactive ketones (excluding diaryl/α,β-unsaturated/α-hetero) is 1. The Morgan fingerprint density at radius 1 is 1.30 bits per heavy atom. The maximum Gasteiger partial charge on any atom is 0.175 e. The van der Waals surface area contributed by atoms with E-state index >= 15 is 0 Å². The van der Waals surface area contributed by atoms with Gasteiger partial charge in [0.15, 0.2) is 10.1 Å². The number of aliphatic hydroxyl groups is 2. The van der Waals surface area contributed by atoms with Gasteiger partial charge in [0.1, 0.15) is 11.4 Å². The summed E-state index contributed by atoms with van der Waals surface area (Å²) < 4.78 is 9.13. The lowest BCUT2D eigenvalue weighted by Gasteiger charge is -2.60. The summed E-state index contributed by atoms with van der Waals surface area (Å²) in [4.78, 5) is 18.5. The molecule has 4 aliphatic rings. The van der Waals surface area contributed by atoms with E-state index in [1.54, 1.807) is 18.4 Å². The predicted octanol–water partition coefficient (Wildman–Crippen LogP) is 5.28. The van der Waals surface area contributed by atoms with Crippen molar-refractivity contribution in [2.45, 2.75) is 68.4 Å². The van der Waals surface area contributed by atoms with Gasteiger partial charge in [-0.15, -0.1) is 11.3 Å². The molecule has 40 heavy (non-hydrogen) atoms. The zero-order valence-corrected chi connectivity index (χ0v) is 25.1. The summed E-state index contributed by atoms with van der Waals surface area (Å²) in [5.41, 5.74) is 2.50. The van der Waals surface area contributed by atoms with Crippen molar-refractivity contribution >= 4 is 45.2 Å². The zero-order chi connectivity index (χ0) is 28.0. The third-order valence-corrected chi connectivity index (χ3v) is 13.3. The van der Waals surface area contributed by atoms with Crippen LogP contribution >= 0.6 is 23.1 Å². The fraction of sp³-hybridized carbons (Fsp3) is 0.581. The Kier molecular flexibility index (Phi) is 6.10. The van der Waals surface area contributed by atoms with Crippen LogP contribution in [0.25, 0.3) is 16.3 Å². The quantitative estimate of drug-likeness (QED) is 0.397. The van der Waals surface area contributed by atoms with Gasteiger partial charge in [-0.05, 0) is 85.5 Å². The molecule has 1 aromatic carbocycles. The minimum absolute atomic E-state index is 0.116. The highest BCUT2D eigenvalue weighted by Gasteiger charge is 2.68. The number of carbonyl (C=O) groups excluding carboxylic acids is 1. The molecule has 9 heteroatoms. The second-order valence-electron chi connectivity index (χ2n) is 12.9. The molecule has 0 spiro atoms. The molecule has 2 aromatic heterocycles. The van der Waals surface area contributed by atoms with Gasteiger partial charge < -0.3 is 14.9 Å². The molecule has 0 bridgehead atoms. The molecule has 2 heterocycles. The number of aryl methyl sites for hydroxylation is 1. The van der Waals surface area contributed by atoms with Crippen LogP contribution in [-0.4, -0.2) is 55.3 Å². The van der Waals surface area contributed by atoms with Gasteiger partial charge in [0, 0.05) is 18.5 Å². The minimum atomic E-state index is -1.43. The van der Waals surface area contributed by atoms with Crippen molar-refractivity contribution in [2.75, 3.05) is 12.9 Å². The highest BCUT2D eigenvalue weighted by atomic mass is 32.2. The van der Waals surface area contributed by atoms with Crippen molar-refractivity contribution < 1.29 is 19.7 Å². The highest BCUT2D eigenvalue weighted by molar-refractivity contribution is 8.01. The van der Waals surface area contributed by atoms with Crippen molar-refractivity contribution in [3.8, 4) is 5.75 Å². The summed E-state index contributed by atoms with van der Waals surface area (Å²) >= 11 is 2.96. The van der Waals surface area contributed by atoms with Crippen LogP contribution in [0.5, 0.6) is 5.75 Å². The first kappa shape index (κ1) is 26.7. The predicted molar refractivity (Wildman–Crippen MR) is 158 cm³/mol. The number of benzene rings is 1. The van der Waals surface area contributed by atoms with Crippen molar-refractivity contribution in [2.24, 2.45) is 35.6 Å². The number of thiazole rings is 1. The van der Waals surface area contributed by atoms with Crippen molar-refractivity contribution in [1.29, 1.82) is 0 Å². The topological polar surface area (TPSA) is 97.5 Å². The van der Waals surface area contributed by atoms with E-state index in [0.29, 0.717) is 12.8 Å². The molecule has 5 unspecified atom stereocenters. The van der Waals surface area contributed by atoms with Crippen LogP contribution in [0.1, 0.15) is 57.2 Å². The lowest BCUT2D eigenvalue weighted by Crippen LogP contribution is -2.62. The molecular formula is C31H37N3O4S2. The Morgan fingerprint density at radius 3 is 2.92 bits per heavy atom. The number of thioether (sulfide) groups is 1. The van der Waals surface area contributed by atoms with Crippen LogP contribution in [0, 0.1) is 28.6 Å². The summed E-state index contributed by atoms with van der Waals surface area (Å²) in [7, 11) is 3.63. The van der Waals surface area contributed by atoms with Crippen LogP contribution in [0.15, 0.2) is 34.3 Å². The van der Waals surface area contributed by atoms with Gasteiger partial charge in [-0.25, -0.2) is 4.98 Å². The molecule has 0 aliphatic heterocycles. The molecule has 3 aromatic rings. The largest absolute Gasteiger partial charge is 0.497 e. The number of hydrogen-bond donors (Lipinski definition) is 2. The summed E-state index contributed by atoms with van der Waals surface area (Å²) in [6.45, 7) is 4.40. The Hall–Kier alpha value is -2.20. The second-order valence-corrected chi connectivity index (χ2v) is 15.1. The molecule has 0 radical (unpaired) electrons. The first-order chi connectivity index (χ1) is 19.1. The van der Waals surface area contributed by atoms with E-state index in [4.69, 9.17) is 4.74 Å². The molecular weight excluding hydrogens is 542 g/mol. The smallest absolute Gasteiger partial charge is 0.175 e. The van der Waals surface area contributed by atoms with E-state index in [-0.39, 0.29) is 34.7 Å². The number of allylic oxidation sites excluding steroid dienone is 1. The number of methoxy groups -OCH3 is 1. The van der Waals surface area contributed by atoms with Gasteiger partial charge in [-0.3, -0.25) is 9.48 Å². The molecule has 3 fully saturated rings. The Labute approximate surface area is 243 Å². The van der Waals surface area contributed by atoms with Crippen LogP contribution < -0.4 is 4.74 Å². The first-order valence-corrected chi connectivity index (χ1v) is 16.1. The highest BCUT2D eigenvalue weighted by Crippen LogP contribution is 2.67. The number of carbonyl (C=O) groups is 1. The molecule has 0 saturated heterocycles. The maximum atomic E-state index is 13.8. The van der Waals surface area contributed by atoms with Crippen LogP contribution in [-0.2, 0) is 18.3 Å². The van der Waals surface area contributed by atoms with E-state index in [9.17, 15) is 15.0 Å². The average molecular weight is 580 g/mol. The molecule has 7 atom stereocenters. The summed E-state index contributed by atoms with van der Waals surface area (Å²) in [5, 5.41) is 28.4. The van der Waals surface area contributed by atoms with E-state index in [2.05, 4.69) is 30.0 Å². The molecule has 3 saturated carbocycles. The third-order valence-electron chi connectivity index (χ3n) is 11.1. The lowest BCUT2D eigenvalue weighted by molar-refractivity contribution is -0.177. The maximum absolute atomic E-state index is 13.8. The van der Waals surface area contributed by atoms with Gasteiger partial charge in [-0.1, -0.05) is 31.2 Å². The van der Waals surface area contributed by atoms with Gasteiger partial charge in [0.05, 0.1) is 41.1 Å². The number of hydrogen-bond acceptors (Lipinski definition) is 8. The van der Waals surface area contributed by atoms with Crippen molar-refractivity contribution in [3.63, 3.8) is 0 Å². The monoisotopic (exact) mass is 579 g/mol. The van der Waals surface area contributed by atoms with E-state index in [1.807, 2.05) is 36.1 Å². The van der Waals surface area contributed by atoms with Gasteiger partial charge in [0.25, 0.3) is 0 Å².